The van der Waals surface area contributed by atoms with Crippen molar-refractivity contribution in [3.8, 4) is 5.75 Å². The molecule has 0 spiro atoms. The SMILES string of the molecule is Cc1cc(OCc2nc3ccccc3n2C(F)F)ccc1[N+](=O)[O-]. The molecule has 1 aromatic heterocycles. The maximum atomic E-state index is 13.3. The van der Waals surface area contributed by atoms with E-state index in [9.17, 15) is 18.9 Å². The van der Waals surface area contributed by atoms with E-state index in [-0.39, 0.29) is 18.1 Å². The van der Waals surface area contributed by atoms with Crippen LogP contribution in [0, 0.1) is 17.0 Å². The summed E-state index contributed by atoms with van der Waals surface area (Å²) in [7, 11) is 0. The average Bonchev–Trinajstić information content (AvgIpc) is 2.91. The lowest BCUT2D eigenvalue weighted by molar-refractivity contribution is -0.385. The van der Waals surface area contributed by atoms with E-state index < -0.39 is 11.5 Å². The summed E-state index contributed by atoms with van der Waals surface area (Å²) in [6.45, 7) is -1.33. The van der Waals surface area contributed by atoms with Crippen molar-refractivity contribution in [2.45, 2.75) is 20.1 Å². The number of alkyl halides is 2. The molecule has 124 valence electrons. The summed E-state index contributed by atoms with van der Waals surface area (Å²) < 4.78 is 32.9. The van der Waals surface area contributed by atoms with E-state index in [1.165, 1.54) is 18.2 Å². The monoisotopic (exact) mass is 333 g/mol. The first-order valence-electron chi connectivity index (χ1n) is 7.09. The molecule has 2 aromatic carbocycles. The van der Waals surface area contributed by atoms with E-state index in [2.05, 4.69) is 4.98 Å². The second-order valence-electron chi connectivity index (χ2n) is 5.16. The van der Waals surface area contributed by atoms with E-state index >= 15 is 0 Å². The fraction of sp³-hybridized carbons (Fsp3) is 0.188. The number of para-hydroxylation sites is 2. The number of rotatable bonds is 5. The van der Waals surface area contributed by atoms with Crippen molar-refractivity contribution in [3.63, 3.8) is 0 Å². The minimum absolute atomic E-state index is 0.0258. The number of nitro groups is 1. The van der Waals surface area contributed by atoms with Crippen LogP contribution in [-0.2, 0) is 6.61 Å². The number of halogens is 2. The number of nitrogens with zero attached hydrogens (tertiary/aromatic N) is 3. The van der Waals surface area contributed by atoms with E-state index in [1.54, 1.807) is 31.2 Å². The van der Waals surface area contributed by atoms with Crippen LogP contribution in [0.2, 0.25) is 0 Å². The van der Waals surface area contributed by atoms with Gasteiger partial charge in [0.05, 0.1) is 16.0 Å². The van der Waals surface area contributed by atoms with Crippen LogP contribution in [-0.4, -0.2) is 14.5 Å². The Balaban J connectivity index is 1.87. The lowest BCUT2D eigenvalue weighted by atomic mass is 10.2. The molecule has 0 bridgehead atoms. The molecule has 0 radical (unpaired) electrons. The van der Waals surface area contributed by atoms with Crippen molar-refractivity contribution in [1.82, 2.24) is 9.55 Å². The predicted molar refractivity (Wildman–Crippen MR) is 83.2 cm³/mol. The van der Waals surface area contributed by atoms with Gasteiger partial charge in [-0.15, -0.1) is 0 Å². The van der Waals surface area contributed by atoms with Gasteiger partial charge in [0.1, 0.15) is 12.4 Å². The maximum absolute atomic E-state index is 13.3. The molecule has 0 aliphatic heterocycles. The molecule has 3 aromatic rings. The van der Waals surface area contributed by atoms with Crippen molar-refractivity contribution in [1.29, 1.82) is 0 Å². The van der Waals surface area contributed by atoms with E-state index in [0.29, 0.717) is 22.3 Å². The quantitative estimate of drug-likeness (QED) is 0.517. The molecule has 1 heterocycles. The van der Waals surface area contributed by atoms with E-state index in [4.69, 9.17) is 4.74 Å². The van der Waals surface area contributed by atoms with Crippen molar-refractivity contribution in [2.24, 2.45) is 0 Å². The van der Waals surface area contributed by atoms with Crippen LogP contribution in [0.1, 0.15) is 17.9 Å². The predicted octanol–water partition coefficient (Wildman–Crippen LogP) is 4.23. The summed E-state index contributed by atoms with van der Waals surface area (Å²) in [5.74, 6) is 0.438. The molecule has 0 fully saturated rings. The molecule has 0 aliphatic rings. The van der Waals surface area contributed by atoms with Gasteiger partial charge < -0.3 is 4.74 Å². The van der Waals surface area contributed by atoms with Crippen molar-refractivity contribution < 1.29 is 18.4 Å². The van der Waals surface area contributed by atoms with Crippen molar-refractivity contribution in [3.05, 3.63) is 64.0 Å². The average molecular weight is 333 g/mol. The highest BCUT2D eigenvalue weighted by atomic mass is 19.3. The molecule has 0 amide bonds. The van der Waals surface area contributed by atoms with Gasteiger partial charge in [-0.05, 0) is 31.2 Å². The lowest BCUT2D eigenvalue weighted by Gasteiger charge is -2.10. The number of benzene rings is 2. The Kier molecular flexibility index (Phi) is 4.11. The highest BCUT2D eigenvalue weighted by Crippen LogP contribution is 2.26. The van der Waals surface area contributed by atoms with Gasteiger partial charge >= 0.3 is 6.55 Å². The Bertz CT molecular complexity index is 909. The standard InChI is InChI=1S/C16H13F2N3O3/c1-10-8-11(6-7-13(10)21(22)23)24-9-15-19-12-4-2-3-5-14(12)20(15)16(17)18/h2-8,16H,9H2,1H3. The Morgan fingerprint density at radius 2 is 2.04 bits per heavy atom. The second kappa shape index (κ2) is 6.23. The zero-order chi connectivity index (χ0) is 17.3. The summed E-state index contributed by atoms with van der Waals surface area (Å²) in [5.41, 5.74) is 1.18. The van der Waals surface area contributed by atoms with Crippen LogP contribution in [0.25, 0.3) is 11.0 Å². The fourth-order valence-corrected chi connectivity index (χ4v) is 2.48. The van der Waals surface area contributed by atoms with Gasteiger partial charge in [0.25, 0.3) is 5.69 Å². The first kappa shape index (κ1) is 15.9. The van der Waals surface area contributed by atoms with Crippen molar-refractivity contribution >= 4 is 16.7 Å². The third-order valence-corrected chi connectivity index (χ3v) is 3.60. The molecular formula is C16H13F2N3O3. The summed E-state index contributed by atoms with van der Waals surface area (Å²) in [4.78, 5) is 14.5. The number of aryl methyl sites for hydroxylation is 1. The number of nitro benzene ring substituents is 1. The van der Waals surface area contributed by atoms with Gasteiger partial charge in [-0.2, -0.15) is 8.78 Å². The number of imidazole rings is 1. The molecule has 0 saturated carbocycles. The highest BCUT2D eigenvalue weighted by Gasteiger charge is 2.18. The van der Waals surface area contributed by atoms with Crippen molar-refractivity contribution in [2.75, 3.05) is 0 Å². The smallest absolute Gasteiger partial charge is 0.320 e. The Morgan fingerprint density at radius 1 is 1.29 bits per heavy atom. The molecule has 6 nitrogen and oxygen atoms in total. The van der Waals surface area contributed by atoms with Gasteiger partial charge in [-0.3, -0.25) is 14.7 Å². The highest BCUT2D eigenvalue weighted by molar-refractivity contribution is 5.75. The largest absolute Gasteiger partial charge is 0.486 e. The van der Waals surface area contributed by atoms with Crippen LogP contribution in [0.5, 0.6) is 5.75 Å². The van der Waals surface area contributed by atoms with Crippen LogP contribution in [0.4, 0.5) is 14.5 Å². The van der Waals surface area contributed by atoms with E-state index in [0.717, 1.165) is 4.57 Å². The molecule has 0 aliphatic carbocycles. The minimum Gasteiger partial charge on any atom is -0.486 e. The fourth-order valence-electron chi connectivity index (χ4n) is 2.48. The summed E-state index contributed by atoms with van der Waals surface area (Å²) >= 11 is 0. The molecule has 0 N–H and O–H groups in total. The van der Waals surface area contributed by atoms with Gasteiger partial charge in [0, 0.05) is 11.6 Å². The number of ether oxygens (including phenoxy) is 1. The molecule has 8 heteroatoms. The molecule has 0 atom stereocenters. The molecule has 0 unspecified atom stereocenters. The molecule has 0 saturated heterocycles. The molecule has 24 heavy (non-hydrogen) atoms. The van der Waals surface area contributed by atoms with Gasteiger partial charge in [-0.1, -0.05) is 12.1 Å². The Labute approximate surface area is 135 Å². The zero-order valence-electron chi connectivity index (χ0n) is 12.6. The number of aromatic nitrogens is 2. The summed E-state index contributed by atoms with van der Waals surface area (Å²) in [6, 6.07) is 10.8. The van der Waals surface area contributed by atoms with Gasteiger partial charge in [0.2, 0.25) is 0 Å². The maximum Gasteiger partial charge on any atom is 0.320 e. The van der Waals surface area contributed by atoms with E-state index in [1.807, 2.05) is 0 Å². The number of hydrogen-bond acceptors (Lipinski definition) is 4. The van der Waals surface area contributed by atoms with Crippen LogP contribution in [0.3, 0.4) is 0 Å². The number of fused-ring (bicyclic) bond motifs is 1. The van der Waals surface area contributed by atoms with Crippen LogP contribution >= 0.6 is 0 Å². The first-order valence-corrected chi connectivity index (χ1v) is 7.09. The molecular weight excluding hydrogens is 320 g/mol. The van der Waals surface area contributed by atoms with Crippen LogP contribution in [0.15, 0.2) is 42.5 Å². The Hall–Kier alpha value is -3.03. The van der Waals surface area contributed by atoms with Crippen LogP contribution < -0.4 is 4.74 Å². The third kappa shape index (κ3) is 2.90. The zero-order valence-corrected chi connectivity index (χ0v) is 12.6. The normalized spacial score (nSPS) is 11.2. The number of hydrogen-bond donors (Lipinski definition) is 0. The Morgan fingerprint density at radius 3 is 2.71 bits per heavy atom. The summed E-state index contributed by atoms with van der Waals surface area (Å²) in [6.07, 6.45) is 0. The molecule has 3 rings (SSSR count). The summed E-state index contributed by atoms with van der Waals surface area (Å²) in [5, 5.41) is 10.8. The van der Waals surface area contributed by atoms with Gasteiger partial charge in [0.15, 0.2) is 5.82 Å². The first-order chi connectivity index (χ1) is 11.5. The minimum atomic E-state index is -2.74. The topological polar surface area (TPSA) is 70.2 Å². The van der Waals surface area contributed by atoms with Gasteiger partial charge in [-0.25, -0.2) is 4.98 Å². The lowest BCUT2D eigenvalue weighted by Crippen LogP contribution is -2.08. The third-order valence-electron chi connectivity index (χ3n) is 3.60. The second-order valence-corrected chi connectivity index (χ2v) is 5.16.